The Morgan fingerprint density at radius 2 is 1.90 bits per heavy atom. The first-order valence-electron chi connectivity index (χ1n) is 8.76. The molecule has 0 saturated carbocycles. The molecule has 1 saturated heterocycles. The Morgan fingerprint density at radius 1 is 1.21 bits per heavy atom. The third-order valence-corrected chi connectivity index (χ3v) is 7.04. The van der Waals surface area contributed by atoms with Crippen molar-refractivity contribution < 1.29 is 30.8 Å². The Morgan fingerprint density at radius 3 is 2.48 bits per heavy atom. The highest BCUT2D eigenvalue weighted by Crippen LogP contribution is 2.28. The number of amides is 1. The van der Waals surface area contributed by atoms with Crippen LogP contribution in [0.3, 0.4) is 0 Å². The largest absolute Gasteiger partial charge is 0.467 e. The van der Waals surface area contributed by atoms with Crippen LogP contribution in [0.1, 0.15) is 29.0 Å². The monoisotopic (exact) mass is 494 g/mol. The predicted octanol–water partition coefficient (Wildman–Crippen LogP) is 4.03. The smallest absolute Gasteiger partial charge is 0.406 e. The molecule has 0 unspecified atom stereocenters. The second kappa shape index (κ2) is 8.49. The highest BCUT2D eigenvalue weighted by Gasteiger charge is 2.35. The van der Waals surface area contributed by atoms with Crippen molar-refractivity contribution in [3.05, 3.63) is 52.4 Å². The first-order valence-corrected chi connectivity index (χ1v) is 11.0. The van der Waals surface area contributed by atoms with Crippen LogP contribution in [0.5, 0.6) is 0 Å². The number of sulfonamides is 1. The molecule has 0 atom stereocenters. The predicted molar refractivity (Wildman–Crippen MR) is 102 cm³/mol. The Kier molecular flexibility index (Phi) is 6.39. The zero-order valence-electron chi connectivity index (χ0n) is 15.2. The number of furan rings is 1. The van der Waals surface area contributed by atoms with E-state index in [-0.39, 0.29) is 20.7 Å². The molecule has 1 aromatic heterocycles. The Hall–Kier alpha value is -1.85. The maximum atomic E-state index is 13.0. The molecule has 11 heteroatoms. The minimum atomic E-state index is -4.63. The van der Waals surface area contributed by atoms with E-state index in [0.717, 1.165) is 18.9 Å². The van der Waals surface area contributed by atoms with E-state index in [9.17, 15) is 26.4 Å². The van der Waals surface area contributed by atoms with Gasteiger partial charge in [-0.25, -0.2) is 8.42 Å². The summed E-state index contributed by atoms with van der Waals surface area (Å²) in [6.07, 6.45) is -1.85. The Balaban J connectivity index is 1.94. The molecule has 6 nitrogen and oxygen atoms in total. The zero-order valence-corrected chi connectivity index (χ0v) is 17.6. The quantitative estimate of drug-likeness (QED) is 0.607. The van der Waals surface area contributed by atoms with Crippen molar-refractivity contribution in [2.75, 3.05) is 19.6 Å². The molecular weight excluding hydrogens is 477 g/mol. The standard InChI is InChI=1S/C18H18BrF3N2O4S/c19-16-6-5-14(29(26,27)24-7-1-2-8-24)10-15(16)17(25)23(12-18(20,21)22)11-13-4-3-9-28-13/h3-6,9-10H,1-2,7-8,11-12H2. The van der Waals surface area contributed by atoms with E-state index >= 15 is 0 Å². The molecule has 29 heavy (non-hydrogen) atoms. The fourth-order valence-electron chi connectivity index (χ4n) is 3.08. The van der Waals surface area contributed by atoms with Crippen LogP contribution in [0.4, 0.5) is 13.2 Å². The lowest BCUT2D eigenvalue weighted by Gasteiger charge is -2.24. The van der Waals surface area contributed by atoms with Crippen LogP contribution in [0, 0.1) is 0 Å². The maximum absolute atomic E-state index is 13.0. The lowest BCUT2D eigenvalue weighted by molar-refractivity contribution is -0.142. The van der Waals surface area contributed by atoms with Gasteiger partial charge in [0.1, 0.15) is 12.3 Å². The van der Waals surface area contributed by atoms with Gasteiger partial charge in [-0.2, -0.15) is 17.5 Å². The average Bonchev–Trinajstić information content (AvgIpc) is 3.34. The van der Waals surface area contributed by atoms with E-state index < -0.39 is 35.2 Å². The lowest BCUT2D eigenvalue weighted by Crippen LogP contribution is -2.38. The number of hydrogen-bond donors (Lipinski definition) is 0. The minimum absolute atomic E-state index is 0.129. The van der Waals surface area contributed by atoms with Gasteiger partial charge in [0.15, 0.2) is 0 Å². The number of alkyl halides is 3. The molecule has 0 aliphatic carbocycles. The number of hydrogen-bond acceptors (Lipinski definition) is 4. The number of rotatable bonds is 6. The number of halogens is 4. The highest BCUT2D eigenvalue weighted by atomic mass is 79.9. The van der Waals surface area contributed by atoms with Crippen LogP contribution in [0.2, 0.25) is 0 Å². The Bertz CT molecular complexity index is 971. The van der Waals surface area contributed by atoms with E-state index in [1.165, 1.54) is 34.8 Å². The molecule has 0 bridgehead atoms. The molecule has 2 heterocycles. The van der Waals surface area contributed by atoms with Crippen LogP contribution in [0.15, 0.2) is 50.4 Å². The second-order valence-electron chi connectivity index (χ2n) is 6.61. The molecule has 1 aliphatic rings. The molecule has 1 aromatic carbocycles. The normalized spacial score (nSPS) is 15.6. The first-order chi connectivity index (χ1) is 13.6. The van der Waals surface area contributed by atoms with Gasteiger partial charge in [0, 0.05) is 17.6 Å². The van der Waals surface area contributed by atoms with E-state index in [1.807, 2.05) is 0 Å². The molecule has 3 rings (SSSR count). The number of carbonyl (C=O) groups excluding carboxylic acids is 1. The fraction of sp³-hybridized carbons (Fsp3) is 0.389. The molecule has 0 N–H and O–H groups in total. The van der Waals surface area contributed by atoms with Gasteiger partial charge in [0.05, 0.1) is 23.3 Å². The van der Waals surface area contributed by atoms with Crippen molar-refractivity contribution in [3.63, 3.8) is 0 Å². The third kappa shape index (κ3) is 5.20. The van der Waals surface area contributed by atoms with Crippen LogP contribution in [0.25, 0.3) is 0 Å². The van der Waals surface area contributed by atoms with Crippen LogP contribution < -0.4 is 0 Å². The van der Waals surface area contributed by atoms with Crippen molar-refractivity contribution in [2.24, 2.45) is 0 Å². The average molecular weight is 495 g/mol. The van der Waals surface area contributed by atoms with Gasteiger partial charge in [-0.05, 0) is 59.1 Å². The molecule has 0 spiro atoms. The van der Waals surface area contributed by atoms with Gasteiger partial charge in [-0.1, -0.05) is 0 Å². The molecular formula is C18H18BrF3N2O4S. The van der Waals surface area contributed by atoms with Gasteiger partial charge >= 0.3 is 6.18 Å². The van der Waals surface area contributed by atoms with Crippen LogP contribution in [-0.4, -0.2) is 49.3 Å². The third-order valence-electron chi connectivity index (χ3n) is 4.46. The van der Waals surface area contributed by atoms with Crippen molar-refractivity contribution in [2.45, 2.75) is 30.5 Å². The zero-order chi connectivity index (χ0) is 21.2. The topological polar surface area (TPSA) is 70.8 Å². The Labute approximate surface area is 174 Å². The summed E-state index contributed by atoms with van der Waals surface area (Å²) in [6, 6.07) is 6.76. The lowest BCUT2D eigenvalue weighted by atomic mass is 10.2. The first kappa shape index (κ1) is 21.8. The second-order valence-corrected chi connectivity index (χ2v) is 9.40. The van der Waals surface area contributed by atoms with Gasteiger partial charge in [0.2, 0.25) is 10.0 Å². The molecule has 0 radical (unpaired) electrons. The minimum Gasteiger partial charge on any atom is -0.467 e. The molecule has 1 fully saturated rings. The highest BCUT2D eigenvalue weighted by molar-refractivity contribution is 9.10. The number of carbonyl (C=O) groups is 1. The van der Waals surface area contributed by atoms with Crippen molar-refractivity contribution in [3.8, 4) is 0 Å². The summed E-state index contributed by atoms with van der Waals surface area (Å²) >= 11 is 3.15. The summed E-state index contributed by atoms with van der Waals surface area (Å²) in [7, 11) is -3.82. The van der Waals surface area contributed by atoms with Gasteiger partial charge in [0.25, 0.3) is 5.91 Å². The molecule has 1 amide bonds. The van der Waals surface area contributed by atoms with Crippen molar-refractivity contribution in [1.29, 1.82) is 0 Å². The SMILES string of the molecule is O=C(c1cc(S(=O)(=O)N2CCCC2)ccc1Br)N(Cc1ccco1)CC(F)(F)F. The van der Waals surface area contributed by atoms with E-state index in [4.69, 9.17) is 4.42 Å². The molecule has 2 aromatic rings. The van der Waals surface area contributed by atoms with Crippen LogP contribution in [-0.2, 0) is 16.6 Å². The van der Waals surface area contributed by atoms with Crippen LogP contribution >= 0.6 is 15.9 Å². The number of benzene rings is 1. The summed E-state index contributed by atoms with van der Waals surface area (Å²) in [5.74, 6) is -0.774. The summed E-state index contributed by atoms with van der Waals surface area (Å²) in [5.41, 5.74) is -0.166. The molecule has 1 aliphatic heterocycles. The van der Waals surface area contributed by atoms with Crippen molar-refractivity contribution in [1.82, 2.24) is 9.21 Å². The summed E-state index contributed by atoms with van der Waals surface area (Å²) in [5, 5.41) is 0. The fourth-order valence-corrected chi connectivity index (χ4v) is 5.04. The summed E-state index contributed by atoms with van der Waals surface area (Å²) in [6.45, 7) is -1.15. The van der Waals surface area contributed by atoms with Gasteiger partial charge in [-0.3, -0.25) is 4.79 Å². The van der Waals surface area contributed by atoms with E-state index in [1.54, 1.807) is 0 Å². The van der Waals surface area contributed by atoms with Gasteiger partial charge in [-0.15, -0.1) is 0 Å². The molecule has 158 valence electrons. The number of nitrogens with zero attached hydrogens (tertiary/aromatic N) is 2. The van der Waals surface area contributed by atoms with Crippen molar-refractivity contribution >= 4 is 31.9 Å². The van der Waals surface area contributed by atoms with Gasteiger partial charge < -0.3 is 9.32 Å². The van der Waals surface area contributed by atoms with E-state index in [2.05, 4.69) is 15.9 Å². The summed E-state index contributed by atoms with van der Waals surface area (Å²) in [4.78, 5) is 13.4. The summed E-state index contributed by atoms with van der Waals surface area (Å²) < 4.78 is 71.2. The van der Waals surface area contributed by atoms with E-state index in [0.29, 0.717) is 18.0 Å². The maximum Gasteiger partial charge on any atom is 0.406 e.